The molecule has 2 aromatic rings. The zero-order valence-corrected chi connectivity index (χ0v) is 19.5. The Morgan fingerprint density at radius 3 is 2.87 bits per heavy atom. The largest absolute Gasteiger partial charge is 0.495 e. The Morgan fingerprint density at radius 2 is 2.13 bits per heavy atom. The van der Waals surface area contributed by atoms with Crippen LogP contribution >= 0.6 is 35.0 Å². The minimum atomic E-state index is -1.18. The predicted molar refractivity (Wildman–Crippen MR) is 126 cm³/mol. The lowest BCUT2D eigenvalue weighted by molar-refractivity contribution is -0.130. The zero-order valence-electron chi connectivity index (χ0n) is 17.1. The lowest BCUT2D eigenvalue weighted by atomic mass is 9.79. The van der Waals surface area contributed by atoms with E-state index in [2.05, 4.69) is 16.0 Å². The molecule has 2 aliphatic rings. The molecular formula is C22H23Cl2N3O3S. The monoisotopic (exact) mass is 479 g/mol. The van der Waals surface area contributed by atoms with Crippen molar-refractivity contribution in [3.05, 3.63) is 52.0 Å². The molecule has 164 valence electrons. The molecule has 3 N–H and O–H groups in total. The molecule has 2 heterocycles. The van der Waals surface area contributed by atoms with Crippen LogP contribution in [-0.2, 0) is 15.1 Å². The molecule has 0 bridgehead atoms. The van der Waals surface area contributed by atoms with Crippen LogP contribution < -0.4 is 20.7 Å². The lowest BCUT2D eigenvalue weighted by Gasteiger charge is -2.29. The molecule has 2 aliphatic heterocycles. The number of anilines is 2. The minimum Gasteiger partial charge on any atom is -0.495 e. The van der Waals surface area contributed by atoms with Crippen LogP contribution in [0.2, 0.25) is 10.0 Å². The van der Waals surface area contributed by atoms with Gasteiger partial charge < -0.3 is 15.4 Å². The molecule has 2 amide bonds. The first-order valence-electron chi connectivity index (χ1n) is 9.92. The van der Waals surface area contributed by atoms with Crippen LogP contribution in [0.4, 0.5) is 11.4 Å². The summed E-state index contributed by atoms with van der Waals surface area (Å²) in [6, 6.07) is 10.4. The Morgan fingerprint density at radius 1 is 1.32 bits per heavy atom. The molecule has 3 atom stereocenters. The summed E-state index contributed by atoms with van der Waals surface area (Å²) in [5.74, 6) is 0.246. The summed E-state index contributed by atoms with van der Waals surface area (Å²) in [6.45, 7) is 0. The number of benzene rings is 2. The highest BCUT2D eigenvalue weighted by Gasteiger charge is 2.60. The molecule has 0 saturated carbocycles. The fourth-order valence-electron chi connectivity index (χ4n) is 4.50. The number of halogens is 2. The number of nitrogens with one attached hydrogen (secondary N) is 3. The number of hydrogen-bond donors (Lipinski definition) is 3. The first kappa shape index (κ1) is 22.3. The van der Waals surface area contributed by atoms with E-state index in [0.717, 1.165) is 12.2 Å². The van der Waals surface area contributed by atoms with E-state index in [-0.39, 0.29) is 17.9 Å². The van der Waals surface area contributed by atoms with Crippen molar-refractivity contribution in [3.8, 4) is 5.75 Å². The summed E-state index contributed by atoms with van der Waals surface area (Å²) in [5, 5.41) is 10.2. The van der Waals surface area contributed by atoms with Crippen LogP contribution in [0.25, 0.3) is 0 Å². The molecule has 0 radical (unpaired) electrons. The van der Waals surface area contributed by atoms with E-state index >= 15 is 0 Å². The van der Waals surface area contributed by atoms with Crippen LogP contribution in [0.15, 0.2) is 36.4 Å². The predicted octanol–water partition coefficient (Wildman–Crippen LogP) is 4.52. The number of carbonyl (C=O) groups excluding carboxylic acids is 2. The topological polar surface area (TPSA) is 79.5 Å². The number of hydrogen-bond acceptors (Lipinski definition) is 5. The van der Waals surface area contributed by atoms with Gasteiger partial charge in [-0.25, -0.2) is 0 Å². The number of thioether (sulfide) groups is 1. The third-order valence-corrected chi connectivity index (χ3v) is 7.11. The summed E-state index contributed by atoms with van der Waals surface area (Å²) < 4.78 is 5.36. The van der Waals surface area contributed by atoms with Crippen molar-refractivity contribution in [1.29, 1.82) is 0 Å². The molecule has 31 heavy (non-hydrogen) atoms. The Bertz CT molecular complexity index is 1040. The molecule has 0 unspecified atom stereocenters. The van der Waals surface area contributed by atoms with Gasteiger partial charge in [-0.1, -0.05) is 35.3 Å². The average molecular weight is 480 g/mol. The van der Waals surface area contributed by atoms with Crippen molar-refractivity contribution in [2.75, 3.05) is 29.8 Å². The molecule has 2 aromatic carbocycles. The smallest absolute Gasteiger partial charge is 0.250 e. The van der Waals surface area contributed by atoms with Gasteiger partial charge in [0.15, 0.2) is 0 Å². The van der Waals surface area contributed by atoms with Gasteiger partial charge in [-0.3, -0.25) is 14.9 Å². The second-order valence-corrected chi connectivity index (χ2v) is 9.50. The van der Waals surface area contributed by atoms with Gasteiger partial charge >= 0.3 is 0 Å². The van der Waals surface area contributed by atoms with E-state index in [1.807, 2.05) is 12.3 Å². The van der Waals surface area contributed by atoms with Crippen molar-refractivity contribution in [3.63, 3.8) is 0 Å². The van der Waals surface area contributed by atoms with Gasteiger partial charge in [0.05, 0.1) is 29.4 Å². The Hall–Kier alpha value is -1.93. The van der Waals surface area contributed by atoms with Crippen LogP contribution in [0.5, 0.6) is 5.75 Å². The molecule has 4 rings (SSSR count). The lowest BCUT2D eigenvalue weighted by Crippen LogP contribution is -2.52. The van der Waals surface area contributed by atoms with E-state index in [1.54, 1.807) is 42.1 Å². The fourth-order valence-corrected chi connectivity index (χ4v) is 5.41. The maximum Gasteiger partial charge on any atom is 0.250 e. The van der Waals surface area contributed by atoms with E-state index in [4.69, 9.17) is 27.9 Å². The zero-order chi connectivity index (χ0) is 22.2. The number of para-hydroxylation sites is 1. The molecule has 1 spiro atoms. The first-order valence-corrected chi connectivity index (χ1v) is 12.1. The summed E-state index contributed by atoms with van der Waals surface area (Å²) in [6.07, 6.45) is 3.41. The van der Waals surface area contributed by atoms with Crippen molar-refractivity contribution in [2.45, 2.75) is 24.4 Å². The van der Waals surface area contributed by atoms with Crippen molar-refractivity contribution in [1.82, 2.24) is 5.32 Å². The average Bonchev–Trinajstić information content (AvgIpc) is 3.27. The van der Waals surface area contributed by atoms with Crippen LogP contribution in [0.3, 0.4) is 0 Å². The SMILES string of the molecule is COc1ccc(Cl)cc1NC(=O)[C@H]1C[C@H](CCSC)N[C@]12C(=O)Nc1c(Cl)cccc12. The highest BCUT2D eigenvalue weighted by molar-refractivity contribution is 7.98. The van der Waals surface area contributed by atoms with E-state index in [1.165, 1.54) is 7.11 Å². The van der Waals surface area contributed by atoms with Gasteiger partial charge in [-0.2, -0.15) is 11.8 Å². The van der Waals surface area contributed by atoms with Crippen molar-refractivity contribution in [2.24, 2.45) is 5.92 Å². The number of rotatable bonds is 6. The summed E-state index contributed by atoms with van der Waals surface area (Å²) in [5.41, 5.74) is 0.548. The molecule has 0 aromatic heterocycles. The van der Waals surface area contributed by atoms with E-state index < -0.39 is 11.5 Å². The fraction of sp³-hybridized carbons (Fsp3) is 0.364. The maximum absolute atomic E-state index is 13.5. The van der Waals surface area contributed by atoms with Crippen LogP contribution in [0.1, 0.15) is 18.4 Å². The molecule has 1 fully saturated rings. The van der Waals surface area contributed by atoms with Gasteiger partial charge in [-0.15, -0.1) is 0 Å². The highest BCUT2D eigenvalue weighted by Crippen LogP contribution is 2.49. The Kier molecular flexibility index (Phi) is 6.40. The number of carbonyl (C=O) groups is 2. The number of ether oxygens (including phenoxy) is 1. The van der Waals surface area contributed by atoms with Crippen LogP contribution in [0, 0.1) is 5.92 Å². The highest BCUT2D eigenvalue weighted by atomic mass is 35.5. The molecule has 0 aliphatic carbocycles. The van der Waals surface area contributed by atoms with Gasteiger partial charge in [-0.05, 0) is 49.1 Å². The van der Waals surface area contributed by atoms with Gasteiger partial charge in [0.1, 0.15) is 11.3 Å². The molecular weight excluding hydrogens is 457 g/mol. The van der Waals surface area contributed by atoms with E-state index in [0.29, 0.717) is 39.2 Å². The normalized spacial score (nSPS) is 24.2. The molecule has 6 nitrogen and oxygen atoms in total. The molecule has 9 heteroatoms. The number of amides is 2. The molecule has 1 saturated heterocycles. The second-order valence-electron chi connectivity index (χ2n) is 7.67. The number of methoxy groups -OCH3 is 1. The third kappa shape index (κ3) is 3.89. The minimum absolute atomic E-state index is 0.0140. The van der Waals surface area contributed by atoms with Crippen molar-refractivity contribution < 1.29 is 14.3 Å². The first-order chi connectivity index (χ1) is 14.9. The van der Waals surface area contributed by atoms with Gasteiger partial charge in [0, 0.05) is 16.6 Å². The van der Waals surface area contributed by atoms with E-state index in [9.17, 15) is 9.59 Å². The Labute approximate surface area is 195 Å². The van der Waals surface area contributed by atoms with Gasteiger partial charge in [0.2, 0.25) is 11.8 Å². The Balaban J connectivity index is 1.73. The van der Waals surface area contributed by atoms with Crippen LogP contribution in [-0.4, -0.2) is 37.0 Å². The summed E-state index contributed by atoms with van der Waals surface area (Å²) in [7, 11) is 1.53. The van der Waals surface area contributed by atoms with Gasteiger partial charge in [0.25, 0.3) is 0 Å². The maximum atomic E-state index is 13.5. The quantitative estimate of drug-likeness (QED) is 0.567. The number of fused-ring (bicyclic) bond motifs is 2. The standard InChI is InChI=1S/C22H23Cl2N3O3S/c1-30-18-7-6-12(23)10-17(18)25-20(28)15-11-13(8-9-31-2)27-22(15)14-4-3-5-16(24)19(14)26-21(22)29/h3-7,10,13,15,27H,8-9,11H2,1-2H3,(H,25,28)(H,26,29)/t13-,15+,22-/m0/s1. The van der Waals surface area contributed by atoms with Crippen molar-refractivity contribution >= 4 is 58.2 Å². The second kappa shape index (κ2) is 8.90. The third-order valence-electron chi connectivity index (χ3n) is 5.92. The summed E-state index contributed by atoms with van der Waals surface area (Å²) >= 11 is 14.2. The summed E-state index contributed by atoms with van der Waals surface area (Å²) in [4.78, 5) is 26.9.